The molecule has 2 atom stereocenters. The van der Waals surface area contributed by atoms with Gasteiger partial charge in [-0.25, -0.2) is 0 Å². The first-order chi connectivity index (χ1) is 14.4. The second-order valence-electron chi connectivity index (χ2n) is 7.66. The van der Waals surface area contributed by atoms with Gasteiger partial charge in [-0.1, -0.05) is 13.0 Å². The molecule has 1 aliphatic rings. The van der Waals surface area contributed by atoms with E-state index >= 15 is 0 Å². The van der Waals surface area contributed by atoms with Gasteiger partial charge in [0.2, 0.25) is 5.91 Å². The van der Waals surface area contributed by atoms with Crippen molar-refractivity contribution in [2.45, 2.75) is 52.1 Å². The van der Waals surface area contributed by atoms with E-state index in [0.717, 1.165) is 44.0 Å². The Morgan fingerprint density at radius 2 is 1.93 bits per heavy atom. The Morgan fingerprint density at radius 1 is 1.23 bits per heavy atom. The van der Waals surface area contributed by atoms with Gasteiger partial charge in [0.1, 0.15) is 11.8 Å². The molecular formula is C22H34N4O3S. The summed E-state index contributed by atoms with van der Waals surface area (Å²) in [6.07, 6.45) is 2.39. The molecule has 1 heterocycles. The van der Waals surface area contributed by atoms with Crippen molar-refractivity contribution in [3.05, 3.63) is 29.8 Å². The standard InChI is InChI=1S/C22H34N4O3S/c1-5-15(3)24-21(28)19(16-10-12-26(13-11-16)22(30)23-6-2)25-20(27)17-8-7-9-18(14-17)29-4/h7-9,14-16,19H,5-6,10-13H2,1-4H3,(H,23,30)(H,24,28)(H,25,27)/t15-,19+/m1/s1. The van der Waals surface area contributed by atoms with E-state index in [0.29, 0.717) is 11.3 Å². The fourth-order valence-corrected chi connectivity index (χ4v) is 3.85. The number of carbonyl (C=O) groups excluding carboxylic acids is 2. The third-order valence-electron chi connectivity index (χ3n) is 5.53. The van der Waals surface area contributed by atoms with Crippen molar-refractivity contribution < 1.29 is 14.3 Å². The van der Waals surface area contributed by atoms with Gasteiger partial charge in [-0.05, 0) is 69.4 Å². The number of rotatable bonds is 8. The van der Waals surface area contributed by atoms with E-state index in [2.05, 4.69) is 20.9 Å². The van der Waals surface area contributed by atoms with Crippen LogP contribution in [-0.2, 0) is 4.79 Å². The minimum absolute atomic E-state index is 0.0456. The fourth-order valence-electron chi connectivity index (χ4n) is 3.52. The molecule has 1 saturated heterocycles. The van der Waals surface area contributed by atoms with Crippen LogP contribution >= 0.6 is 12.2 Å². The first kappa shape index (κ1) is 23.9. The number of piperidine rings is 1. The van der Waals surface area contributed by atoms with Gasteiger partial charge >= 0.3 is 0 Å². The summed E-state index contributed by atoms with van der Waals surface area (Å²) in [5.74, 6) is 0.245. The monoisotopic (exact) mass is 434 g/mol. The summed E-state index contributed by atoms with van der Waals surface area (Å²) in [6.45, 7) is 8.32. The molecular weight excluding hydrogens is 400 g/mol. The molecule has 3 N–H and O–H groups in total. The lowest BCUT2D eigenvalue weighted by molar-refractivity contribution is -0.125. The molecule has 8 heteroatoms. The lowest BCUT2D eigenvalue weighted by atomic mass is 9.88. The zero-order valence-electron chi connectivity index (χ0n) is 18.4. The molecule has 0 radical (unpaired) electrons. The van der Waals surface area contributed by atoms with Crippen molar-refractivity contribution in [2.75, 3.05) is 26.7 Å². The van der Waals surface area contributed by atoms with Gasteiger partial charge in [0.15, 0.2) is 5.11 Å². The van der Waals surface area contributed by atoms with E-state index in [9.17, 15) is 9.59 Å². The Bertz CT molecular complexity index is 735. The number of carbonyl (C=O) groups is 2. The summed E-state index contributed by atoms with van der Waals surface area (Å²) in [6, 6.07) is 6.41. The number of thiocarbonyl (C=S) groups is 1. The largest absolute Gasteiger partial charge is 0.497 e. The number of amides is 2. The molecule has 1 aromatic carbocycles. The number of likely N-dealkylation sites (tertiary alicyclic amines) is 1. The second-order valence-corrected chi connectivity index (χ2v) is 8.05. The Kier molecular flexibility index (Phi) is 9.36. The Balaban J connectivity index is 2.12. The van der Waals surface area contributed by atoms with Gasteiger partial charge in [-0.15, -0.1) is 0 Å². The number of ether oxygens (including phenoxy) is 1. The lowest BCUT2D eigenvalue weighted by Gasteiger charge is -2.37. The minimum Gasteiger partial charge on any atom is -0.497 e. The zero-order valence-corrected chi connectivity index (χ0v) is 19.2. The predicted molar refractivity (Wildman–Crippen MR) is 123 cm³/mol. The summed E-state index contributed by atoms with van der Waals surface area (Å²) in [7, 11) is 1.56. The maximum Gasteiger partial charge on any atom is 0.252 e. The van der Waals surface area contributed by atoms with E-state index in [1.54, 1.807) is 31.4 Å². The van der Waals surface area contributed by atoms with Crippen LogP contribution in [0.2, 0.25) is 0 Å². The molecule has 1 aliphatic heterocycles. The number of hydrogen-bond acceptors (Lipinski definition) is 4. The van der Waals surface area contributed by atoms with Crippen LogP contribution in [0.25, 0.3) is 0 Å². The Hall–Kier alpha value is -2.35. The number of methoxy groups -OCH3 is 1. The molecule has 2 amide bonds. The van der Waals surface area contributed by atoms with E-state index < -0.39 is 6.04 Å². The predicted octanol–water partition coefficient (Wildman–Crippen LogP) is 2.31. The summed E-state index contributed by atoms with van der Waals surface area (Å²) >= 11 is 5.41. The van der Waals surface area contributed by atoms with E-state index in [1.807, 2.05) is 20.8 Å². The summed E-state index contributed by atoms with van der Waals surface area (Å²) in [5.41, 5.74) is 0.474. The van der Waals surface area contributed by atoms with Gasteiger partial charge < -0.3 is 25.6 Å². The smallest absolute Gasteiger partial charge is 0.252 e. The maximum atomic E-state index is 13.0. The van der Waals surface area contributed by atoms with Crippen LogP contribution in [0.5, 0.6) is 5.75 Å². The molecule has 0 aromatic heterocycles. The van der Waals surface area contributed by atoms with Gasteiger partial charge in [0, 0.05) is 31.2 Å². The molecule has 7 nitrogen and oxygen atoms in total. The molecule has 1 aromatic rings. The third kappa shape index (κ3) is 6.58. The van der Waals surface area contributed by atoms with Crippen LogP contribution < -0.4 is 20.7 Å². The summed E-state index contributed by atoms with van der Waals surface area (Å²) < 4.78 is 5.21. The van der Waals surface area contributed by atoms with Crippen LogP contribution in [0.15, 0.2) is 24.3 Å². The maximum absolute atomic E-state index is 13.0. The molecule has 166 valence electrons. The number of benzene rings is 1. The summed E-state index contributed by atoms with van der Waals surface area (Å²) in [5, 5.41) is 9.93. The SMILES string of the molecule is CCNC(=S)N1CCC([C@H](NC(=O)c2cccc(OC)c2)C(=O)N[C@H](C)CC)CC1. The molecule has 30 heavy (non-hydrogen) atoms. The highest BCUT2D eigenvalue weighted by molar-refractivity contribution is 7.80. The molecule has 0 unspecified atom stereocenters. The molecule has 2 rings (SSSR count). The second kappa shape index (κ2) is 11.7. The third-order valence-corrected chi connectivity index (χ3v) is 5.93. The minimum atomic E-state index is -0.590. The first-order valence-corrected chi connectivity index (χ1v) is 11.1. The highest BCUT2D eigenvalue weighted by Gasteiger charge is 2.33. The Morgan fingerprint density at radius 3 is 2.53 bits per heavy atom. The molecule has 0 spiro atoms. The zero-order chi connectivity index (χ0) is 22.1. The van der Waals surface area contributed by atoms with E-state index in [1.165, 1.54) is 0 Å². The average Bonchev–Trinajstić information content (AvgIpc) is 2.77. The van der Waals surface area contributed by atoms with Crippen molar-refractivity contribution in [1.82, 2.24) is 20.9 Å². The highest BCUT2D eigenvalue weighted by Crippen LogP contribution is 2.22. The molecule has 0 bridgehead atoms. The molecule has 0 aliphatic carbocycles. The van der Waals surface area contributed by atoms with Gasteiger partial charge in [-0.2, -0.15) is 0 Å². The van der Waals surface area contributed by atoms with Crippen molar-refractivity contribution in [2.24, 2.45) is 5.92 Å². The van der Waals surface area contributed by atoms with Crippen LogP contribution in [0.4, 0.5) is 0 Å². The highest BCUT2D eigenvalue weighted by atomic mass is 32.1. The van der Waals surface area contributed by atoms with Crippen LogP contribution in [0.3, 0.4) is 0 Å². The van der Waals surface area contributed by atoms with Crippen molar-refractivity contribution >= 4 is 29.1 Å². The van der Waals surface area contributed by atoms with Gasteiger partial charge in [0.25, 0.3) is 5.91 Å². The van der Waals surface area contributed by atoms with Crippen molar-refractivity contribution in [1.29, 1.82) is 0 Å². The number of nitrogens with zero attached hydrogens (tertiary/aromatic N) is 1. The van der Waals surface area contributed by atoms with Gasteiger partial charge in [0.05, 0.1) is 7.11 Å². The van der Waals surface area contributed by atoms with Crippen molar-refractivity contribution in [3.8, 4) is 5.75 Å². The van der Waals surface area contributed by atoms with E-state index in [-0.39, 0.29) is 23.8 Å². The average molecular weight is 435 g/mol. The first-order valence-electron chi connectivity index (χ1n) is 10.7. The molecule has 0 saturated carbocycles. The van der Waals surface area contributed by atoms with Gasteiger partial charge in [-0.3, -0.25) is 9.59 Å². The quantitative estimate of drug-likeness (QED) is 0.545. The molecule has 1 fully saturated rings. The summed E-state index contributed by atoms with van der Waals surface area (Å²) in [4.78, 5) is 28.0. The van der Waals surface area contributed by atoms with Crippen LogP contribution in [0, 0.1) is 5.92 Å². The number of nitrogens with one attached hydrogen (secondary N) is 3. The van der Waals surface area contributed by atoms with Crippen LogP contribution in [0.1, 0.15) is 50.4 Å². The van der Waals surface area contributed by atoms with Crippen LogP contribution in [-0.4, -0.2) is 60.7 Å². The van der Waals surface area contributed by atoms with E-state index in [4.69, 9.17) is 17.0 Å². The topological polar surface area (TPSA) is 82.7 Å². The lowest BCUT2D eigenvalue weighted by Crippen LogP contribution is -2.55. The normalized spacial score (nSPS) is 16.3. The Labute approximate surface area is 184 Å². The fraction of sp³-hybridized carbons (Fsp3) is 0.591. The number of hydrogen-bond donors (Lipinski definition) is 3. The van der Waals surface area contributed by atoms with Crippen molar-refractivity contribution in [3.63, 3.8) is 0 Å².